The molecule has 60 valence electrons. The first-order valence-corrected chi connectivity index (χ1v) is 4.24. The van der Waals surface area contributed by atoms with Gasteiger partial charge in [0.15, 0.2) is 0 Å². The Morgan fingerprint density at radius 1 is 1.50 bits per heavy atom. The molecule has 0 radical (unpaired) electrons. The lowest BCUT2D eigenvalue weighted by Gasteiger charge is -2.15. The van der Waals surface area contributed by atoms with E-state index in [4.69, 9.17) is 0 Å². The van der Waals surface area contributed by atoms with Gasteiger partial charge in [-0.2, -0.15) is 0 Å². The third-order valence-corrected chi connectivity index (χ3v) is 2.48. The summed E-state index contributed by atoms with van der Waals surface area (Å²) in [5.74, 6) is 0.510. The molecule has 0 aliphatic rings. The van der Waals surface area contributed by atoms with E-state index in [1.165, 1.54) is 0 Å². The fourth-order valence-corrected chi connectivity index (χ4v) is 1.03. The topological polar surface area (TPSA) is 23.6 Å². The highest BCUT2D eigenvalue weighted by Crippen LogP contribution is 1.90. The Kier molecular flexibility index (Phi) is 4.31. The van der Waals surface area contributed by atoms with Crippen LogP contribution in [0.1, 0.15) is 0 Å². The SMILES string of the molecule is C=CN(C)CS(=O)N(C)C. The lowest BCUT2D eigenvalue weighted by Crippen LogP contribution is -2.25. The highest BCUT2D eigenvalue weighted by atomic mass is 32.2. The first kappa shape index (κ1) is 9.65. The predicted molar refractivity (Wildman–Crippen MR) is 44.7 cm³/mol. The summed E-state index contributed by atoms with van der Waals surface area (Å²) in [6, 6.07) is 0. The molecule has 0 N–H and O–H groups in total. The van der Waals surface area contributed by atoms with Gasteiger partial charge in [0.05, 0.1) is 0 Å². The summed E-state index contributed by atoms with van der Waals surface area (Å²) < 4.78 is 12.7. The second-order valence-electron chi connectivity index (χ2n) is 2.20. The lowest BCUT2D eigenvalue weighted by molar-refractivity contribution is 0.509. The molecule has 0 amide bonds. The van der Waals surface area contributed by atoms with Crippen LogP contribution in [0.25, 0.3) is 0 Å². The fraction of sp³-hybridized carbons (Fsp3) is 0.667. The number of hydrogen-bond donors (Lipinski definition) is 0. The summed E-state index contributed by atoms with van der Waals surface area (Å²) in [7, 11) is 4.50. The van der Waals surface area contributed by atoms with Gasteiger partial charge in [0.1, 0.15) is 16.9 Å². The Morgan fingerprint density at radius 2 is 2.00 bits per heavy atom. The van der Waals surface area contributed by atoms with Crippen molar-refractivity contribution in [3.8, 4) is 0 Å². The molecule has 0 saturated carbocycles. The van der Waals surface area contributed by atoms with Gasteiger partial charge in [0.2, 0.25) is 0 Å². The summed E-state index contributed by atoms with van der Waals surface area (Å²) >= 11 is 0. The number of hydrogen-bond acceptors (Lipinski definition) is 2. The quantitative estimate of drug-likeness (QED) is 0.591. The van der Waals surface area contributed by atoms with Crippen molar-refractivity contribution in [2.45, 2.75) is 0 Å². The largest absolute Gasteiger partial charge is 0.368 e. The first-order valence-electron chi connectivity index (χ1n) is 2.96. The molecule has 0 spiro atoms. The normalized spacial score (nSPS) is 13.2. The van der Waals surface area contributed by atoms with Crippen LogP contribution in [0.5, 0.6) is 0 Å². The van der Waals surface area contributed by atoms with Crippen LogP contribution in [0.3, 0.4) is 0 Å². The van der Waals surface area contributed by atoms with E-state index in [0.717, 1.165) is 0 Å². The summed E-state index contributed by atoms with van der Waals surface area (Å²) in [6.45, 7) is 3.55. The third kappa shape index (κ3) is 3.63. The standard InChI is InChI=1S/C6H14N2OS/c1-5-8(4)6-10(9)7(2)3/h5H,1,6H2,2-4H3. The smallest absolute Gasteiger partial charge is 0.114 e. The van der Waals surface area contributed by atoms with Gasteiger partial charge in [-0.25, -0.2) is 8.51 Å². The van der Waals surface area contributed by atoms with Crippen LogP contribution in [0.15, 0.2) is 12.8 Å². The zero-order valence-corrected chi connectivity index (χ0v) is 7.52. The molecule has 4 heteroatoms. The van der Waals surface area contributed by atoms with Crippen LogP contribution in [0.2, 0.25) is 0 Å². The Bertz CT molecular complexity index is 136. The molecule has 0 aliphatic carbocycles. The molecular weight excluding hydrogens is 148 g/mol. The Hall–Kier alpha value is -0.350. The number of rotatable bonds is 4. The van der Waals surface area contributed by atoms with E-state index < -0.39 is 11.0 Å². The first-order chi connectivity index (χ1) is 4.57. The molecule has 1 unspecified atom stereocenters. The molecule has 3 nitrogen and oxygen atoms in total. The van der Waals surface area contributed by atoms with Crippen molar-refractivity contribution in [3.63, 3.8) is 0 Å². The summed E-state index contributed by atoms with van der Waals surface area (Å²) in [5.41, 5.74) is 0. The van der Waals surface area contributed by atoms with Crippen LogP contribution in [0.4, 0.5) is 0 Å². The minimum atomic E-state index is -0.914. The van der Waals surface area contributed by atoms with E-state index in [0.29, 0.717) is 5.88 Å². The Morgan fingerprint density at radius 3 is 2.30 bits per heavy atom. The number of nitrogens with zero attached hydrogens (tertiary/aromatic N) is 2. The highest BCUT2D eigenvalue weighted by Gasteiger charge is 2.02. The van der Waals surface area contributed by atoms with Gasteiger partial charge < -0.3 is 4.90 Å². The summed E-state index contributed by atoms with van der Waals surface area (Å²) in [4.78, 5) is 1.79. The zero-order valence-electron chi connectivity index (χ0n) is 6.70. The van der Waals surface area contributed by atoms with Crippen LogP contribution in [-0.2, 0) is 11.0 Å². The molecule has 0 aliphatic heterocycles. The molecule has 1 atom stereocenters. The molecule has 0 rings (SSSR count). The second kappa shape index (κ2) is 4.46. The van der Waals surface area contributed by atoms with Crippen molar-refractivity contribution in [3.05, 3.63) is 12.8 Å². The Balaban J connectivity index is 3.68. The Labute approximate surface area is 64.9 Å². The minimum absolute atomic E-state index is 0.510. The van der Waals surface area contributed by atoms with E-state index in [2.05, 4.69) is 6.58 Å². The molecule has 0 aromatic carbocycles. The van der Waals surface area contributed by atoms with Crippen LogP contribution >= 0.6 is 0 Å². The molecule has 0 aromatic rings. The van der Waals surface area contributed by atoms with Crippen molar-refractivity contribution in [1.82, 2.24) is 9.21 Å². The van der Waals surface area contributed by atoms with Gasteiger partial charge in [0.25, 0.3) is 0 Å². The van der Waals surface area contributed by atoms with E-state index in [-0.39, 0.29) is 0 Å². The van der Waals surface area contributed by atoms with Gasteiger partial charge >= 0.3 is 0 Å². The van der Waals surface area contributed by atoms with Gasteiger partial charge in [-0.15, -0.1) is 0 Å². The van der Waals surface area contributed by atoms with E-state index >= 15 is 0 Å². The minimum Gasteiger partial charge on any atom is -0.368 e. The van der Waals surface area contributed by atoms with Crippen molar-refractivity contribution in [2.24, 2.45) is 0 Å². The fourth-order valence-electron chi connectivity index (χ4n) is 0.342. The van der Waals surface area contributed by atoms with E-state index in [1.807, 2.05) is 7.05 Å². The lowest BCUT2D eigenvalue weighted by atomic mass is 10.9. The van der Waals surface area contributed by atoms with Crippen molar-refractivity contribution in [1.29, 1.82) is 0 Å². The molecule has 0 bridgehead atoms. The summed E-state index contributed by atoms with van der Waals surface area (Å²) in [6.07, 6.45) is 1.65. The molecule has 0 aromatic heterocycles. The zero-order chi connectivity index (χ0) is 8.15. The van der Waals surface area contributed by atoms with E-state index in [9.17, 15) is 4.21 Å². The maximum absolute atomic E-state index is 11.1. The van der Waals surface area contributed by atoms with Crippen molar-refractivity contribution >= 4 is 11.0 Å². The highest BCUT2D eigenvalue weighted by molar-refractivity contribution is 7.82. The van der Waals surface area contributed by atoms with Crippen molar-refractivity contribution in [2.75, 3.05) is 27.0 Å². The van der Waals surface area contributed by atoms with Crippen LogP contribution in [-0.4, -0.2) is 40.4 Å². The van der Waals surface area contributed by atoms with Gasteiger partial charge in [-0.3, -0.25) is 0 Å². The average Bonchev–Trinajstić information content (AvgIpc) is 1.87. The monoisotopic (exact) mass is 162 g/mol. The van der Waals surface area contributed by atoms with Crippen LogP contribution in [0, 0.1) is 0 Å². The average molecular weight is 162 g/mol. The molecule has 0 fully saturated rings. The summed E-state index contributed by atoms with van der Waals surface area (Å²) in [5, 5.41) is 0. The maximum Gasteiger partial charge on any atom is 0.114 e. The van der Waals surface area contributed by atoms with E-state index in [1.54, 1.807) is 29.5 Å². The van der Waals surface area contributed by atoms with Gasteiger partial charge in [0, 0.05) is 7.05 Å². The van der Waals surface area contributed by atoms with Crippen molar-refractivity contribution < 1.29 is 4.21 Å². The molecule has 0 heterocycles. The predicted octanol–water partition coefficient (Wildman–Crippen LogP) is 0.244. The molecular formula is C6H14N2OS. The van der Waals surface area contributed by atoms with Gasteiger partial charge in [-0.1, -0.05) is 6.58 Å². The van der Waals surface area contributed by atoms with Crippen LogP contribution < -0.4 is 0 Å². The maximum atomic E-state index is 11.1. The third-order valence-electron chi connectivity index (χ3n) is 1.03. The molecule has 0 saturated heterocycles. The second-order valence-corrected chi connectivity index (χ2v) is 3.83. The van der Waals surface area contributed by atoms with Gasteiger partial charge in [-0.05, 0) is 20.3 Å². The molecule has 10 heavy (non-hydrogen) atoms.